The van der Waals surface area contributed by atoms with E-state index in [0.717, 1.165) is 59.7 Å². The molecule has 3 N–H and O–H groups in total. The number of carbonyl (C=O) groups excluding carboxylic acids is 2. The van der Waals surface area contributed by atoms with Crippen LogP contribution in [0.5, 0.6) is 0 Å². The van der Waals surface area contributed by atoms with E-state index in [4.69, 9.17) is 28.2 Å². The number of imidazole rings is 2. The van der Waals surface area contributed by atoms with Crippen molar-refractivity contribution >= 4 is 51.7 Å². The van der Waals surface area contributed by atoms with Crippen molar-refractivity contribution in [3.8, 4) is 0 Å². The zero-order valence-corrected chi connectivity index (χ0v) is 28.4. The second-order valence-electron chi connectivity index (χ2n) is 13.3. The van der Waals surface area contributed by atoms with Gasteiger partial charge in [0.05, 0.1) is 28.2 Å². The highest BCUT2D eigenvalue weighted by atomic mass is 35.5. The van der Waals surface area contributed by atoms with Crippen molar-refractivity contribution in [1.29, 1.82) is 0 Å². The molecule has 0 unspecified atom stereocenters. The number of fused-ring (bicyclic) bond motifs is 1. The van der Waals surface area contributed by atoms with E-state index in [2.05, 4.69) is 27.9 Å². The van der Waals surface area contributed by atoms with Crippen molar-refractivity contribution in [3.05, 3.63) is 75.0 Å². The quantitative estimate of drug-likeness (QED) is 0.185. The summed E-state index contributed by atoms with van der Waals surface area (Å²) in [6.45, 7) is 8.64. The highest BCUT2D eigenvalue weighted by Gasteiger charge is 2.24. The first-order valence-corrected chi connectivity index (χ1v) is 16.3. The average Bonchev–Trinajstić information content (AvgIpc) is 3.54. The van der Waals surface area contributed by atoms with Gasteiger partial charge < -0.3 is 25.1 Å². The van der Waals surface area contributed by atoms with E-state index in [1.807, 2.05) is 68.4 Å². The van der Waals surface area contributed by atoms with E-state index in [9.17, 15) is 9.59 Å². The minimum atomic E-state index is -0.509. The van der Waals surface area contributed by atoms with Crippen LogP contribution in [-0.2, 0) is 38.4 Å². The van der Waals surface area contributed by atoms with E-state index in [1.54, 1.807) is 12.3 Å². The predicted octanol–water partition coefficient (Wildman–Crippen LogP) is 6.79. The summed E-state index contributed by atoms with van der Waals surface area (Å²) in [7, 11) is 3.90. The summed E-state index contributed by atoms with van der Waals surface area (Å²) in [4.78, 5) is 35.5. The molecule has 2 aromatic carbocycles. The van der Waals surface area contributed by atoms with Crippen LogP contribution in [-0.4, -0.2) is 37.0 Å². The molecule has 0 saturated heterocycles. The Bertz CT molecular complexity index is 1710. The fourth-order valence-electron chi connectivity index (χ4n) is 5.73. The van der Waals surface area contributed by atoms with Crippen LogP contribution in [0.1, 0.15) is 86.5 Å². The Hall–Kier alpha value is -3.56. The van der Waals surface area contributed by atoms with Crippen LogP contribution in [0.3, 0.4) is 0 Å². The SMILES string of the molecule is CC1CCC(NC(=O)c2cc3nc(Cc4c(Cl)ccc(CNC(=O)C(C)(C)C)c4Cl)n(C)c3cc2NCc2nccn2C)CC1. The molecule has 0 bridgehead atoms. The summed E-state index contributed by atoms with van der Waals surface area (Å²) >= 11 is 13.5. The van der Waals surface area contributed by atoms with Crippen LogP contribution in [0, 0.1) is 11.3 Å². The lowest BCUT2D eigenvalue weighted by Gasteiger charge is -2.27. The van der Waals surface area contributed by atoms with Crippen molar-refractivity contribution in [2.24, 2.45) is 25.4 Å². The van der Waals surface area contributed by atoms with Crippen molar-refractivity contribution < 1.29 is 9.59 Å². The number of aryl methyl sites for hydroxylation is 2. The number of hydrogen-bond donors (Lipinski definition) is 3. The molecule has 0 spiro atoms. The standard InChI is InChI=1S/C34H43Cl2N7O2/c1-20-7-10-22(11-8-20)40-32(44)24-15-27-28(17-26(24)38-19-30-37-13-14-42(30)5)43(6)29(41-27)16-23-25(35)12-9-21(31(23)36)18-39-33(45)34(2,3)4/h9,12-15,17,20,22,38H,7-8,10-11,16,18-19H2,1-6H3,(H,39,45)(H,40,44). The van der Waals surface area contributed by atoms with Crippen LogP contribution >= 0.6 is 23.2 Å². The van der Waals surface area contributed by atoms with E-state index >= 15 is 0 Å². The van der Waals surface area contributed by atoms with Gasteiger partial charge in [0.2, 0.25) is 5.91 Å². The zero-order chi connectivity index (χ0) is 32.5. The number of carbonyl (C=O) groups is 2. The fourth-order valence-corrected chi connectivity index (χ4v) is 6.30. The molecule has 2 aromatic heterocycles. The van der Waals surface area contributed by atoms with E-state index in [1.165, 1.54) is 0 Å². The van der Waals surface area contributed by atoms with Gasteiger partial charge in [-0.25, -0.2) is 9.97 Å². The summed E-state index contributed by atoms with van der Waals surface area (Å²) in [6, 6.07) is 7.65. The first-order chi connectivity index (χ1) is 21.3. The lowest BCUT2D eigenvalue weighted by molar-refractivity contribution is -0.128. The molecule has 0 radical (unpaired) electrons. The molecule has 1 aliphatic rings. The zero-order valence-electron chi connectivity index (χ0n) is 26.9. The summed E-state index contributed by atoms with van der Waals surface area (Å²) in [5.41, 5.74) is 3.85. The van der Waals surface area contributed by atoms with Gasteiger partial charge in [0.15, 0.2) is 0 Å². The van der Waals surface area contributed by atoms with Crippen LogP contribution in [0.4, 0.5) is 5.69 Å². The van der Waals surface area contributed by atoms with Gasteiger partial charge in [-0.3, -0.25) is 9.59 Å². The molecule has 2 heterocycles. The van der Waals surface area contributed by atoms with Gasteiger partial charge in [-0.1, -0.05) is 57.0 Å². The van der Waals surface area contributed by atoms with Crippen molar-refractivity contribution in [2.45, 2.75) is 78.9 Å². The van der Waals surface area contributed by atoms with Crippen LogP contribution in [0.2, 0.25) is 10.0 Å². The molecule has 0 atom stereocenters. The van der Waals surface area contributed by atoms with E-state index in [0.29, 0.717) is 46.6 Å². The van der Waals surface area contributed by atoms with Crippen LogP contribution in [0.25, 0.3) is 11.0 Å². The number of nitrogens with zero attached hydrogens (tertiary/aromatic N) is 4. The first-order valence-electron chi connectivity index (χ1n) is 15.6. The van der Waals surface area contributed by atoms with Crippen molar-refractivity contribution in [1.82, 2.24) is 29.7 Å². The van der Waals surface area contributed by atoms with Gasteiger partial charge in [-0.05, 0) is 60.9 Å². The molecular formula is C34H43Cl2N7O2. The highest BCUT2D eigenvalue weighted by molar-refractivity contribution is 6.36. The number of halogens is 2. The van der Waals surface area contributed by atoms with Gasteiger partial charge in [0.1, 0.15) is 11.6 Å². The molecule has 1 saturated carbocycles. The Morgan fingerprint density at radius 3 is 2.42 bits per heavy atom. The van der Waals surface area contributed by atoms with Gasteiger partial charge in [0, 0.05) is 61.6 Å². The molecule has 11 heteroatoms. The molecule has 1 aliphatic carbocycles. The second kappa shape index (κ2) is 13.4. The molecule has 0 aliphatic heterocycles. The molecule has 45 heavy (non-hydrogen) atoms. The third-order valence-electron chi connectivity index (χ3n) is 8.79. The topological polar surface area (TPSA) is 106 Å². The van der Waals surface area contributed by atoms with Crippen LogP contribution < -0.4 is 16.0 Å². The minimum absolute atomic E-state index is 0.0596. The van der Waals surface area contributed by atoms with E-state index < -0.39 is 5.41 Å². The highest BCUT2D eigenvalue weighted by Crippen LogP contribution is 2.33. The maximum Gasteiger partial charge on any atom is 0.253 e. The third kappa shape index (κ3) is 7.47. The molecule has 2 amide bonds. The molecule has 9 nitrogen and oxygen atoms in total. The Labute approximate surface area is 275 Å². The summed E-state index contributed by atoms with van der Waals surface area (Å²) < 4.78 is 3.96. The number of benzene rings is 2. The smallest absolute Gasteiger partial charge is 0.253 e. The summed E-state index contributed by atoms with van der Waals surface area (Å²) in [6.07, 6.45) is 8.24. The van der Waals surface area contributed by atoms with E-state index in [-0.39, 0.29) is 17.9 Å². The van der Waals surface area contributed by atoms with Gasteiger partial charge in [-0.2, -0.15) is 0 Å². The Morgan fingerprint density at radius 2 is 1.76 bits per heavy atom. The van der Waals surface area contributed by atoms with Gasteiger partial charge in [-0.15, -0.1) is 0 Å². The molecule has 1 fully saturated rings. The number of amides is 2. The average molecular weight is 653 g/mol. The second-order valence-corrected chi connectivity index (χ2v) is 14.1. The number of rotatable bonds is 9. The Morgan fingerprint density at radius 1 is 1.02 bits per heavy atom. The van der Waals surface area contributed by atoms with Crippen LogP contribution in [0.15, 0.2) is 36.7 Å². The molecule has 5 rings (SSSR count). The minimum Gasteiger partial charge on any atom is -0.377 e. The molecule has 4 aromatic rings. The maximum atomic E-state index is 13.7. The normalized spacial score (nSPS) is 17.0. The third-order valence-corrected chi connectivity index (χ3v) is 9.61. The van der Waals surface area contributed by atoms with Crippen molar-refractivity contribution in [2.75, 3.05) is 5.32 Å². The van der Waals surface area contributed by atoms with Crippen molar-refractivity contribution in [3.63, 3.8) is 0 Å². The monoisotopic (exact) mass is 651 g/mol. The maximum absolute atomic E-state index is 13.7. The lowest BCUT2D eigenvalue weighted by Crippen LogP contribution is -2.37. The predicted molar refractivity (Wildman–Crippen MR) is 181 cm³/mol. The number of hydrogen-bond acceptors (Lipinski definition) is 5. The fraction of sp³-hybridized carbons (Fsp3) is 0.471. The van der Waals surface area contributed by atoms with Gasteiger partial charge in [0.25, 0.3) is 5.91 Å². The summed E-state index contributed by atoms with van der Waals surface area (Å²) in [5, 5.41) is 10.7. The lowest BCUT2D eigenvalue weighted by atomic mass is 9.87. The van der Waals surface area contributed by atoms with Gasteiger partial charge >= 0.3 is 0 Å². The Kier molecular flexibility index (Phi) is 9.80. The molecule has 240 valence electrons. The number of anilines is 1. The number of nitrogens with one attached hydrogen (secondary N) is 3. The Balaban J connectivity index is 1.45. The first kappa shape index (κ1) is 32.8. The largest absolute Gasteiger partial charge is 0.377 e. The molecular weight excluding hydrogens is 609 g/mol. The number of aromatic nitrogens is 4. The summed E-state index contributed by atoms with van der Waals surface area (Å²) in [5.74, 6) is 2.13.